The number of carboxylic acid groups (broad SMARTS) is 1. The standard InChI is InChI=1S/C19H24N2O4S/c1-13-11-14(17(23)21-7-9-26-10-8-21)3-4-15(13)20-16(22)12-19(18(24)25)5-2-6-19/h3-4,11H,2,5-10,12H2,1H3,(H,20,22)(H,24,25). The Morgan fingerprint density at radius 1 is 1.23 bits per heavy atom. The van der Waals surface area contributed by atoms with E-state index in [1.54, 1.807) is 18.2 Å². The normalized spacial score (nSPS) is 18.7. The molecule has 1 aliphatic carbocycles. The third kappa shape index (κ3) is 3.87. The summed E-state index contributed by atoms with van der Waals surface area (Å²) in [7, 11) is 0. The molecule has 0 radical (unpaired) electrons. The summed E-state index contributed by atoms with van der Waals surface area (Å²) in [5, 5.41) is 12.2. The second-order valence-electron chi connectivity index (χ2n) is 7.10. The molecule has 3 rings (SSSR count). The van der Waals surface area contributed by atoms with Crippen molar-refractivity contribution >= 4 is 35.2 Å². The lowest BCUT2D eigenvalue weighted by Crippen LogP contribution is -2.41. The fourth-order valence-corrected chi connectivity index (χ4v) is 4.36. The maximum Gasteiger partial charge on any atom is 0.310 e. The van der Waals surface area contributed by atoms with E-state index in [0.717, 1.165) is 36.6 Å². The summed E-state index contributed by atoms with van der Waals surface area (Å²) in [6, 6.07) is 5.24. The van der Waals surface area contributed by atoms with Gasteiger partial charge in [0.05, 0.1) is 5.41 Å². The summed E-state index contributed by atoms with van der Waals surface area (Å²) < 4.78 is 0. The number of carbonyl (C=O) groups excluding carboxylic acids is 2. The highest BCUT2D eigenvalue weighted by atomic mass is 32.2. The number of nitrogens with zero attached hydrogens (tertiary/aromatic N) is 1. The van der Waals surface area contributed by atoms with Gasteiger partial charge < -0.3 is 15.3 Å². The molecule has 6 nitrogen and oxygen atoms in total. The minimum atomic E-state index is -0.903. The average Bonchev–Trinajstić information content (AvgIpc) is 2.59. The molecule has 2 fully saturated rings. The van der Waals surface area contributed by atoms with Crippen LogP contribution in [0.3, 0.4) is 0 Å². The third-order valence-electron chi connectivity index (χ3n) is 5.31. The molecule has 1 aromatic rings. The van der Waals surface area contributed by atoms with Gasteiger partial charge in [0.15, 0.2) is 0 Å². The molecule has 1 saturated heterocycles. The highest BCUT2D eigenvalue weighted by Gasteiger charge is 2.45. The van der Waals surface area contributed by atoms with Crippen molar-refractivity contribution in [3.05, 3.63) is 29.3 Å². The van der Waals surface area contributed by atoms with Crippen LogP contribution in [0.15, 0.2) is 18.2 Å². The summed E-state index contributed by atoms with van der Waals surface area (Å²) in [5.74, 6) is 0.762. The minimum absolute atomic E-state index is 0.00605. The van der Waals surface area contributed by atoms with Crippen LogP contribution < -0.4 is 5.32 Å². The van der Waals surface area contributed by atoms with Crippen molar-refractivity contribution in [3.63, 3.8) is 0 Å². The molecule has 7 heteroatoms. The van der Waals surface area contributed by atoms with Crippen LogP contribution in [-0.2, 0) is 9.59 Å². The van der Waals surface area contributed by atoms with E-state index in [2.05, 4.69) is 5.32 Å². The minimum Gasteiger partial charge on any atom is -0.481 e. The monoisotopic (exact) mass is 376 g/mol. The highest BCUT2D eigenvalue weighted by molar-refractivity contribution is 7.99. The molecule has 1 saturated carbocycles. The van der Waals surface area contributed by atoms with Gasteiger partial charge in [-0.2, -0.15) is 11.8 Å². The lowest BCUT2D eigenvalue weighted by Gasteiger charge is -2.36. The number of aliphatic carboxylic acids is 1. The lowest BCUT2D eigenvalue weighted by molar-refractivity contribution is -0.157. The van der Waals surface area contributed by atoms with Crippen molar-refractivity contribution in [1.82, 2.24) is 4.90 Å². The predicted molar refractivity (Wildman–Crippen MR) is 102 cm³/mol. The van der Waals surface area contributed by atoms with E-state index in [4.69, 9.17) is 0 Å². The first-order valence-corrected chi connectivity index (χ1v) is 10.1. The lowest BCUT2D eigenvalue weighted by atomic mass is 9.66. The van der Waals surface area contributed by atoms with Crippen LogP contribution in [0.5, 0.6) is 0 Å². The zero-order valence-corrected chi connectivity index (χ0v) is 15.7. The van der Waals surface area contributed by atoms with Gasteiger partial charge in [-0.15, -0.1) is 0 Å². The number of benzene rings is 1. The number of aryl methyl sites for hydroxylation is 1. The molecular weight excluding hydrogens is 352 g/mol. The quantitative estimate of drug-likeness (QED) is 0.825. The van der Waals surface area contributed by atoms with Gasteiger partial charge in [0, 0.05) is 42.3 Å². The molecule has 140 valence electrons. The molecule has 2 N–H and O–H groups in total. The Morgan fingerprint density at radius 3 is 2.46 bits per heavy atom. The molecular formula is C19H24N2O4S. The van der Waals surface area contributed by atoms with Gasteiger partial charge in [-0.1, -0.05) is 6.42 Å². The van der Waals surface area contributed by atoms with E-state index in [9.17, 15) is 19.5 Å². The first kappa shape index (κ1) is 18.8. The van der Waals surface area contributed by atoms with Crippen molar-refractivity contribution in [2.75, 3.05) is 29.9 Å². The molecule has 1 aromatic carbocycles. The number of rotatable bonds is 5. The molecule has 2 aliphatic rings. The maximum atomic E-state index is 12.6. The number of carboxylic acids is 1. The van der Waals surface area contributed by atoms with Crippen molar-refractivity contribution in [3.8, 4) is 0 Å². The number of thioether (sulfide) groups is 1. The second kappa shape index (κ2) is 7.70. The molecule has 0 bridgehead atoms. The maximum absolute atomic E-state index is 12.6. The van der Waals surface area contributed by atoms with E-state index < -0.39 is 11.4 Å². The van der Waals surface area contributed by atoms with E-state index in [1.165, 1.54) is 0 Å². The molecule has 0 spiro atoms. The van der Waals surface area contributed by atoms with Gasteiger partial charge in [0.2, 0.25) is 5.91 Å². The topological polar surface area (TPSA) is 86.7 Å². The fourth-order valence-electron chi connectivity index (χ4n) is 3.46. The third-order valence-corrected chi connectivity index (χ3v) is 6.25. The number of carbonyl (C=O) groups is 3. The zero-order chi connectivity index (χ0) is 18.7. The Hall–Kier alpha value is -2.02. The van der Waals surface area contributed by atoms with Crippen molar-refractivity contribution < 1.29 is 19.5 Å². The van der Waals surface area contributed by atoms with Gasteiger partial charge in [0.25, 0.3) is 5.91 Å². The second-order valence-corrected chi connectivity index (χ2v) is 8.32. The molecule has 0 atom stereocenters. The van der Waals surface area contributed by atoms with Crippen molar-refractivity contribution in [2.24, 2.45) is 5.41 Å². The largest absolute Gasteiger partial charge is 0.481 e. The summed E-state index contributed by atoms with van der Waals surface area (Å²) >= 11 is 1.85. The first-order valence-electron chi connectivity index (χ1n) is 8.92. The average molecular weight is 376 g/mol. The molecule has 0 unspecified atom stereocenters. The summed E-state index contributed by atoms with van der Waals surface area (Å²) in [5.41, 5.74) is 1.14. The molecule has 2 amide bonds. The van der Waals surface area contributed by atoms with Crippen LogP contribution in [0.1, 0.15) is 41.6 Å². The van der Waals surface area contributed by atoms with Gasteiger partial charge in [-0.05, 0) is 43.5 Å². The SMILES string of the molecule is Cc1cc(C(=O)N2CCSCC2)ccc1NC(=O)CC1(C(=O)O)CCC1. The van der Waals surface area contributed by atoms with Gasteiger partial charge >= 0.3 is 5.97 Å². The Kier molecular flexibility index (Phi) is 5.55. The fraction of sp³-hybridized carbons (Fsp3) is 0.526. The Morgan fingerprint density at radius 2 is 1.92 bits per heavy atom. The van der Waals surface area contributed by atoms with Crippen LogP contribution in [0.25, 0.3) is 0 Å². The Bertz CT molecular complexity index is 724. The Balaban J connectivity index is 1.65. The number of hydrogen-bond acceptors (Lipinski definition) is 4. The Labute approximate surface area is 157 Å². The molecule has 0 aromatic heterocycles. The van der Waals surface area contributed by atoms with Crippen LogP contribution >= 0.6 is 11.8 Å². The predicted octanol–water partition coefficient (Wildman–Crippen LogP) is 2.77. The van der Waals surface area contributed by atoms with Crippen LogP contribution in [0.4, 0.5) is 5.69 Å². The van der Waals surface area contributed by atoms with E-state index in [0.29, 0.717) is 24.1 Å². The van der Waals surface area contributed by atoms with Crippen molar-refractivity contribution in [2.45, 2.75) is 32.6 Å². The van der Waals surface area contributed by atoms with E-state index in [1.807, 2.05) is 23.6 Å². The van der Waals surface area contributed by atoms with Crippen LogP contribution in [0.2, 0.25) is 0 Å². The van der Waals surface area contributed by atoms with E-state index in [-0.39, 0.29) is 18.2 Å². The number of amides is 2. The van der Waals surface area contributed by atoms with Gasteiger partial charge in [0.1, 0.15) is 0 Å². The van der Waals surface area contributed by atoms with Crippen LogP contribution in [-0.4, -0.2) is 52.4 Å². The molecule has 1 heterocycles. The van der Waals surface area contributed by atoms with Crippen LogP contribution in [0, 0.1) is 12.3 Å². The molecule has 1 aliphatic heterocycles. The van der Waals surface area contributed by atoms with E-state index >= 15 is 0 Å². The highest BCUT2D eigenvalue weighted by Crippen LogP contribution is 2.44. The summed E-state index contributed by atoms with van der Waals surface area (Å²) in [6.45, 7) is 3.37. The van der Waals surface area contributed by atoms with Crippen molar-refractivity contribution in [1.29, 1.82) is 0 Å². The van der Waals surface area contributed by atoms with Gasteiger partial charge in [-0.25, -0.2) is 0 Å². The number of nitrogens with one attached hydrogen (secondary N) is 1. The van der Waals surface area contributed by atoms with Gasteiger partial charge in [-0.3, -0.25) is 14.4 Å². The smallest absolute Gasteiger partial charge is 0.310 e. The molecule has 26 heavy (non-hydrogen) atoms. The summed E-state index contributed by atoms with van der Waals surface area (Å²) in [6.07, 6.45) is 1.95. The zero-order valence-electron chi connectivity index (χ0n) is 14.9. The number of anilines is 1. The first-order chi connectivity index (χ1) is 12.4. The number of hydrogen-bond donors (Lipinski definition) is 2. The summed E-state index contributed by atoms with van der Waals surface area (Å²) in [4.78, 5) is 38.1.